The molecule has 0 radical (unpaired) electrons. The maximum absolute atomic E-state index is 13.1. The summed E-state index contributed by atoms with van der Waals surface area (Å²) in [4.78, 5) is 14.3. The van der Waals surface area contributed by atoms with Crippen molar-refractivity contribution >= 4 is 15.9 Å². The summed E-state index contributed by atoms with van der Waals surface area (Å²) >= 11 is 0. The van der Waals surface area contributed by atoms with Gasteiger partial charge in [0.1, 0.15) is 18.5 Å². The second-order valence-corrected chi connectivity index (χ2v) is 10.7. The molecule has 1 atom stereocenters. The van der Waals surface area contributed by atoms with E-state index < -0.39 is 10.0 Å². The number of aryl methyl sites for hydroxylation is 2. The van der Waals surface area contributed by atoms with Gasteiger partial charge in [0.05, 0.1) is 24.9 Å². The van der Waals surface area contributed by atoms with Crippen LogP contribution in [-0.4, -0.2) is 64.5 Å². The summed E-state index contributed by atoms with van der Waals surface area (Å²) < 4.78 is 43.6. The Morgan fingerprint density at radius 1 is 1.11 bits per heavy atom. The molecule has 0 fully saturated rings. The van der Waals surface area contributed by atoms with E-state index in [1.807, 2.05) is 30.3 Å². The number of hydrogen-bond acceptors (Lipinski definition) is 6. The van der Waals surface area contributed by atoms with Crippen LogP contribution in [0.1, 0.15) is 34.8 Å². The van der Waals surface area contributed by atoms with Gasteiger partial charge in [0, 0.05) is 33.6 Å². The van der Waals surface area contributed by atoms with E-state index in [0.717, 1.165) is 17.5 Å². The summed E-state index contributed by atoms with van der Waals surface area (Å²) in [6, 6.07) is 11.4. The highest BCUT2D eigenvalue weighted by molar-refractivity contribution is 7.89. The fraction of sp³-hybridized carbons (Fsp3) is 0.423. The minimum Gasteiger partial charge on any atom is -0.497 e. The van der Waals surface area contributed by atoms with E-state index in [1.54, 1.807) is 51.3 Å². The van der Waals surface area contributed by atoms with Gasteiger partial charge in [-0.05, 0) is 54.3 Å². The molecule has 2 aromatic carbocycles. The molecule has 2 aromatic rings. The van der Waals surface area contributed by atoms with Crippen LogP contribution in [0.25, 0.3) is 0 Å². The van der Waals surface area contributed by atoms with Crippen LogP contribution >= 0.6 is 0 Å². The van der Waals surface area contributed by atoms with Gasteiger partial charge in [0.15, 0.2) is 0 Å². The van der Waals surface area contributed by atoms with Gasteiger partial charge in [-0.15, -0.1) is 0 Å². The summed E-state index contributed by atoms with van der Waals surface area (Å²) in [7, 11) is 1.07. The van der Waals surface area contributed by atoms with Crippen molar-refractivity contribution in [2.45, 2.75) is 37.8 Å². The zero-order valence-corrected chi connectivity index (χ0v) is 21.8. The van der Waals surface area contributed by atoms with Crippen LogP contribution < -0.4 is 4.74 Å². The van der Waals surface area contributed by atoms with Crippen LogP contribution in [0.3, 0.4) is 0 Å². The zero-order valence-electron chi connectivity index (χ0n) is 21.0. The largest absolute Gasteiger partial charge is 0.497 e. The SMILES string of the molecule is COc1cc(C)c(S(=O)(=O)N(C)CCOCC(=O)N(C)Cc2ccc(C3CC=CO3)cc2)c(C)c1. The Balaban J connectivity index is 1.46. The summed E-state index contributed by atoms with van der Waals surface area (Å²) in [6.45, 7) is 4.06. The molecule has 0 spiro atoms. The van der Waals surface area contributed by atoms with Gasteiger partial charge in [-0.3, -0.25) is 4.79 Å². The van der Waals surface area contributed by atoms with E-state index in [4.69, 9.17) is 14.2 Å². The number of methoxy groups -OCH3 is 1. The van der Waals surface area contributed by atoms with Crippen LogP contribution in [0.5, 0.6) is 5.75 Å². The summed E-state index contributed by atoms with van der Waals surface area (Å²) in [5.41, 5.74) is 3.35. The van der Waals surface area contributed by atoms with Crippen molar-refractivity contribution in [1.29, 1.82) is 0 Å². The predicted molar refractivity (Wildman–Crippen MR) is 134 cm³/mol. The highest BCUT2D eigenvalue weighted by Crippen LogP contribution is 2.28. The third kappa shape index (κ3) is 6.62. The number of amides is 1. The standard InChI is InChI=1S/C26H34N2O6S/c1-19-15-23(32-5)16-20(2)26(19)35(30,31)28(4)12-14-33-18-25(29)27(3)17-21-8-10-22(11-9-21)24-7-6-13-34-24/h6,8-11,13,15-16,24H,7,12,14,17-18H2,1-5H3. The number of ether oxygens (including phenoxy) is 3. The third-order valence-electron chi connectivity index (χ3n) is 6.00. The van der Waals surface area contributed by atoms with Gasteiger partial charge in [-0.2, -0.15) is 4.31 Å². The van der Waals surface area contributed by atoms with Crippen LogP contribution in [0.15, 0.2) is 53.6 Å². The Morgan fingerprint density at radius 2 is 1.77 bits per heavy atom. The first kappa shape index (κ1) is 26.7. The Hall–Kier alpha value is -2.88. The number of likely N-dealkylation sites (N-methyl/N-ethyl adjacent to an activating group) is 2. The lowest BCUT2D eigenvalue weighted by Gasteiger charge is -2.21. The van der Waals surface area contributed by atoms with Crippen molar-refractivity contribution < 1.29 is 27.4 Å². The first-order valence-electron chi connectivity index (χ1n) is 11.5. The molecule has 1 aliphatic heterocycles. The molecule has 1 amide bonds. The third-order valence-corrected chi connectivity index (χ3v) is 8.16. The molecular formula is C26H34N2O6S. The van der Waals surface area contributed by atoms with Gasteiger partial charge < -0.3 is 19.1 Å². The van der Waals surface area contributed by atoms with E-state index >= 15 is 0 Å². The smallest absolute Gasteiger partial charge is 0.248 e. The van der Waals surface area contributed by atoms with Crippen LogP contribution in [-0.2, 0) is 30.8 Å². The summed E-state index contributed by atoms with van der Waals surface area (Å²) in [6.07, 6.45) is 4.65. The Bertz CT molecular complexity index is 1130. The lowest BCUT2D eigenvalue weighted by Crippen LogP contribution is -2.33. The normalized spacial score (nSPS) is 15.3. The number of carbonyl (C=O) groups is 1. The fourth-order valence-electron chi connectivity index (χ4n) is 3.97. The van der Waals surface area contributed by atoms with Crippen molar-refractivity contribution in [2.24, 2.45) is 0 Å². The zero-order chi connectivity index (χ0) is 25.6. The van der Waals surface area contributed by atoms with Crippen LogP contribution in [0, 0.1) is 13.8 Å². The van der Waals surface area contributed by atoms with Crippen molar-refractivity contribution in [1.82, 2.24) is 9.21 Å². The number of hydrogen-bond donors (Lipinski definition) is 0. The molecule has 0 saturated carbocycles. The van der Waals surface area contributed by atoms with Gasteiger partial charge in [0.2, 0.25) is 15.9 Å². The first-order valence-corrected chi connectivity index (χ1v) is 12.9. The molecule has 190 valence electrons. The van der Waals surface area contributed by atoms with E-state index in [0.29, 0.717) is 23.4 Å². The molecule has 0 saturated heterocycles. The van der Waals surface area contributed by atoms with Crippen LogP contribution in [0.4, 0.5) is 0 Å². The van der Waals surface area contributed by atoms with E-state index in [2.05, 4.69) is 0 Å². The first-order chi connectivity index (χ1) is 16.6. The lowest BCUT2D eigenvalue weighted by atomic mass is 10.1. The number of nitrogens with zero attached hydrogens (tertiary/aromatic N) is 2. The second-order valence-electron chi connectivity index (χ2n) is 8.69. The summed E-state index contributed by atoms with van der Waals surface area (Å²) in [5.74, 6) is 0.438. The number of carbonyl (C=O) groups excluding carboxylic acids is 1. The van der Waals surface area contributed by atoms with Gasteiger partial charge in [0.25, 0.3) is 0 Å². The average Bonchev–Trinajstić information content (AvgIpc) is 3.36. The van der Waals surface area contributed by atoms with Crippen molar-refractivity contribution in [2.75, 3.05) is 41.0 Å². The van der Waals surface area contributed by atoms with Crippen molar-refractivity contribution in [3.63, 3.8) is 0 Å². The molecular weight excluding hydrogens is 468 g/mol. The van der Waals surface area contributed by atoms with E-state index in [-0.39, 0.29) is 36.7 Å². The highest BCUT2D eigenvalue weighted by atomic mass is 32.2. The van der Waals surface area contributed by atoms with Gasteiger partial charge in [-0.25, -0.2) is 8.42 Å². The molecule has 1 unspecified atom stereocenters. The Kier molecular flexibility index (Phi) is 8.93. The molecule has 8 nitrogen and oxygen atoms in total. The molecule has 0 bridgehead atoms. The number of rotatable bonds is 11. The van der Waals surface area contributed by atoms with Crippen molar-refractivity contribution in [3.8, 4) is 5.75 Å². The Labute approximate surface area is 208 Å². The second kappa shape index (κ2) is 11.7. The number of sulfonamides is 1. The molecule has 0 aliphatic carbocycles. The molecule has 1 aliphatic rings. The average molecular weight is 503 g/mol. The minimum atomic E-state index is -3.70. The molecule has 9 heteroatoms. The van der Waals surface area contributed by atoms with Gasteiger partial charge >= 0.3 is 0 Å². The molecule has 35 heavy (non-hydrogen) atoms. The number of benzene rings is 2. The monoisotopic (exact) mass is 502 g/mol. The Morgan fingerprint density at radius 3 is 2.34 bits per heavy atom. The topological polar surface area (TPSA) is 85.4 Å². The predicted octanol–water partition coefficient (Wildman–Crippen LogP) is 3.58. The molecule has 0 N–H and O–H groups in total. The minimum absolute atomic E-state index is 0.0660. The highest BCUT2D eigenvalue weighted by Gasteiger charge is 2.25. The van der Waals surface area contributed by atoms with E-state index in [9.17, 15) is 13.2 Å². The fourth-order valence-corrected chi connectivity index (χ4v) is 5.53. The molecule has 3 rings (SSSR count). The molecule has 1 heterocycles. The van der Waals surface area contributed by atoms with Gasteiger partial charge in [-0.1, -0.05) is 24.3 Å². The van der Waals surface area contributed by atoms with E-state index in [1.165, 1.54) is 11.4 Å². The maximum atomic E-state index is 13.1. The molecule has 0 aromatic heterocycles. The lowest BCUT2D eigenvalue weighted by molar-refractivity contribution is -0.135. The summed E-state index contributed by atoms with van der Waals surface area (Å²) in [5, 5.41) is 0. The maximum Gasteiger partial charge on any atom is 0.248 e. The quantitative estimate of drug-likeness (QED) is 0.437. The van der Waals surface area contributed by atoms with Crippen molar-refractivity contribution in [3.05, 3.63) is 71.0 Å². The van der Waals surface area contributed by atoms with Crippen LogP contribution in [0.2, 0.25) is 0 Å².